The maximum atomic E-state index is 14.7. The van der Waals surface area contributed by atoms with E-state index >= 15 is 0 Å². The van der Waals surface area contributed by atoms with Crippen LogP contribution in [0.2, 0.25) is 5.02 Å². The van der Waals surface area contributed by atoms with Crippen LogP contribution in [0.15, 0.2) is 48.7 Å². The van der Waals surface area contributed by atoms with E-state index < -0.39 is 58.4 Å². The van der Waals surface area contributed by atoms with E-state index in [1.165, 1.54) is 47.5 Å². The van der Waals surface area contributed by atoms with E-state index in [0.29, 0.717) is 13.0 Å². The fourth-order valence-corrected chi connectivity index (χ4v) is 5.82. The van der Waals surface area contributed by atoms with Gasteiger partial charge in [-0.2, -0.15) is 13.2 Å². The van der Waals surface area contributed by atoms with Gasteiger partial charge < -0.3 is 19.6 Å². The van der Waals surface area contributed by atoms with Gasteiger partial charge in [0, 0.05) is 24.8 Å². The molecule has 16 heteroatoms. The highest BCUT2D eigenvalue weighted by atomic mass is 35.6. The molecular weight excluding hydrogens is 647 g/mol. The number of hydrogen-bond donors (Lipinski definition) is 1. The molecule has 5 rings (SSSR count). The minimum atomic E-state index is -4.76. The number of aliphatic hydroxyl groups excluding tert-OH is 1. The highest BCUT2D eigenvalue weighted by Crippen LogP contribution is 2.43. The van der Waals surface area contributed by atoms with Crippen molar-refractivity contribution >= 4 is 76.2 Å². The number of hydrogen-bond acceptors (Lipinski definition) is 5. The highest BCUT2D eigenvalue weighted by molar-refractivity contribution is 7.05. The molecule has 1 unspecified atom stereocenters. The fraction of sp³-hybridized carbons (Fsp3) is 0.269. The molecular formula is C26H18BCl4F4N3O4. The average Bonchev–Trinajstić information content (AvgIpc) is 3.48. The predicted molar refractivity (Wildman–Crippen MR) is 152 cm³/mol. The van der Waals surface area contributed by atoms with Crippen LogP contribution in [-0.4, -0.2) is 69.3 Å². The number of pyridine rings is 1. The molecule has 3 aromatic rings. The molecule has 1 N–H and O–H groups in total. The summed E-state index contributed by atoms with van der Waals surface area (Å²) in [5.41, 5.74) is -0.183. The first-order valence-electron chi connectivity index (χ1n) is 12.3. The number of carbonyl (C=O) groups is 2. The average molecular weight is 665 g/mol. The number of fused-ring (bicyclic) bond motifs is 1. The number of benzene rings is 2. The summed E-state index contributed by atoms with van der Waals surface area (Å²) in [6.45, 7) is -2.71. The molecule has 0 radical (unpaired) electrons. The topological polar surface area (TPSA) is 83.0 Å². The Bertz CT molecular complexity index is 1570. The van der Waals surface area contributed by atoms with Crippen molar-refractivity contribution in [2.45, 2.75) is 22.4 Å². The summed E-state index contributed by atoms with van der Waals surface area (Å²) in [5, 5.41) is 9.85. The second-order valence-electron chi connectivity index (χ2n) is 9.65. The van der Waals surface area contributed by atoms with E-state index in [2.05, 4.69) is 4.98 Å². The normalized spacial score (nSPS) is 17.2. The van der Waals surface area contributed by atoms with Crippen molar-refractivity contribution in [3.63, 3.8) is 0 Å². The smallest absolute Gasteiger partial charge is 0.422 e. The van der Waals surface area contributed by atoms with Crippen molar-refractivity contribution in [3.05, 3.63) is 70.8 Å². The van der Waals surface area contributed by atoms with Gasteiger partial charge in [-0.1, -0.05) is 64.6 Å². The molecule has 1 atom stereocenters. The van der Waals surface area contributed by atoms with Crippen LogP contribution in [-0.2, 0) is 0 Å². The number of amides is 2. The van der Waals surface area contributed by atoms with Gasteiger partial charge >= 0.3 is 13.0 Å². The zero-order chi connectivity index (χ0) is 30.6. The summed E-state index contributed by atoms with van der Waals surface area (Å²) in [6, 6.07) is 8.92. The molecule has 42 heavy (non-hydrogen) atoms. The molecule has 0 aliphatic carbocycles. The minimum absolute atomic E-state index is 0.0118. The molecule has 220 valence electrons. The molecule has 2 amide bonds. The van der Waals surface area contributed by atoms with Crippen molar-refractivity contribution in [1.29, 1.82) is 0 Å². The predicted octanol–water partition coefficient (Wildman–Crippen LogP) is 5.46. The number of ether oxygens (including phenoxy) is 1. The van der Waals surface area contributed by atoms with E-state index in [1.54, 1.807) is 0 Å². The Balaban J connectivity index is 1.61. The first-order valence-corrected chi connectivity index (χ1v) is 13.8. The maximum absolute atomic E-state index is 14.7. The first kappa shape index (κ1) is 30.7. The quantitative estimate of drug-likeness (QED) is 0.223. The lowest BCUT2D eigenvalue weighted by Crippen LogP contribution is -2.53. The van der Waals surface area contributed by atoms with Gasteiger partial charge in [0.05, 0.1) is 22.4 Å². The number of carbonyl (C=O) groups excluding carboxylic acids is 2. The van der Waals surface area contributed by atoms with Crippen molar-refractivity contribution in [1.82, 2.24) is 9.88 Å². The SMILES string of the molecule is O=C(c1cc(-c2ccc(N3B(C(Cl)(Cl)Cl)c4cccc(F)c4C3=O)c(OCC(F)(F)F)c2)c(Cl)cn1)N1CCC(O)C1. The van der Waals surface area contributed by atoms with Gasteiger partial charge in [-0.05, 0) is 41.7 Å². The number of aliphatic hydroxyl groups is 1. The Morgan fingerprint density at radius 3 is 2.55 bits per heavy atom. The van der Waals surface area contributed by atoms with Crippen LogP contribution >= 0.6 is 46.4 Å². The Kier molecular flexibility index (Phi) is 8.32. The van der Waals surface area contributed by atoms with Gasteiger partial charge in [0.2, 0.25) is 5.91 Å². The van der Waals surface area contributed by atoms with Crippen LogP contribution in [0, 0.1) is 5.82 Å². The zero-order valence-corrected chi connectivity index (χ0v) is 24.2. The third kappa shape index (κ3) is 6.00. The lowest BCUT2D eigenvalue weighted by atomic mass is 9.57. The Morgan fingerprint density at radius 2 is 1.90 bits per heavy atom. The second-order valence-corrected chi connectivity index (χ2v) is 12.4. The van der Waals surface area contributed by atoms with Crippen molar-refractivity contribution in [2.75, 3.05) is 24.5 Å². The van der Waals surface area contributed by atoms with Gasteiger partial charge in [-0.25, -0.2) is 9.37 Å². The third-order valence-electron chi connectivity index (χ3n) is 6.79. The number of halogens is 8. The van der Waals surface area contributed by atoms with Crippen LogP contribution < -0.4 is 15.0 Å². The number of nitrogens with zero attached hydrogens (tertiary/aromatic N) is 3. The minimum Gasteiger partial charge on any atom is -0.482 e. The number of anilines is 1. The van der Waals surface area contributed by atoms with Gasteiger partial charge in [0.1, 0.15) is 17.3 Å². The molecule has 1 saturated heterocycles. The monoisotopic (exact) mass is 663 g/mol. The molecule has 1 fully saturated rings. The summed E-state index contributed by atoms with van der Waals surface area (Å²) in [6.07, 6.45) is -3.80. The molecule has 2 aliphatic rings. The van der Waals surface area contributed by atoms with Gasteiger partial charge in [-0.15, -0.1) is 0 Å². The van der Waals surface area contributed by atoms with Gasteiger partial charge in [-0.3, -0.25) is 9.59 Å². The Hall–Kier alpha value is -2.77. The number of β-amino-alcohol motifs (C(OH)–C–C–N with tert-alkyl or cyclic N) is 1. The zero-order valence-electron chi connectivity index (χ0n) is 21.1. The molecule has 0 spiro atoms. The van der Waals surface area contributed by atoms with Crippen molar-refractivity contribution in [2.24, 2.45) is 0 Å². The largest absolute Gasteiger partial charge is 0.482 e. The van der Waals surface area contributed by atoms with E-state index in [-0.39, 0.29) is 39.5 Å². The van der Waals surface area contributed by atoms with Gasteiger partial charge in [0.15, 0.2) is 10.3 Å². The molecule has 0 saturated carbocycles. The summed E-state index contributed by atoms with van der Waals surface area (Å²) >= 11 is 25.0. The Labute approximate surface area is 257 Å². The van der Waals surface area contributed by atoms with E-state index in [4.69, 9.17) is 51.1 Å². The van der Waals surface area contributed by atoms with Crippen LogP contribution in [0.4, 0.5) is 23.2 Å². The molecule has 7 nitrogen and oxygen atoms in total. The lowest BCUT2D eigenvalue weighted by Gasteiger charge is -2.29. The number of alkyl halides is 6. The van der Waals surface area contributed by atoms with Crippen molar-refractivity contribution < 1.29 is 37.0 Å². The van der Waals surface area contributed by atoms with Crippen molar-refractivity contribution in [3.8, 4) is 16.9 Å². The summed E-state index contributed by atoms with van der Waals surface area (Å²) in [7, 11) is 0. The molecule has 0 bridgehead atoms. The molecule has 2 aliphatic heterocycles. The standard InChI is InChI=1S/C26H18BCl4F4N3O4/c28-17-10-36-19(23(40)37-7-6-14(39)11-37)9-15(17)13-4-5-20(21(8-13)42-12-25(33,34)35)38-24(41)22-16(2-1-3-18(22)32)27(38)26(29,30)31/h1-5,8-10,14,39H,6-7,11-12H2. The summed E-state index contributed by atoms with van der Waals surface area (Å²) in [5.74, 6) is -2.77. The molecule has 3 heterocycles. The van der Waals surface area contributed by atoms with E-state index in [0.717, 1.165) is 10.9 Å². The van der Waals surface area contributed by atoms with Crippen LogP contribution in [0.5, 0.6) is 5.75 Å². The molecule has 1 aromatic heterocycles. The summed E-state index contributed by atoms with van der Waals surface area (Å²) < 4.78 is 57.4. The maximum Gasteiger partial charge on any atom is 0.422 e. The Morgan fingerprint density at radius 1 is 1.17 bits per heavy atom. The third-order valence-corrected chi connectivity index (χ3v) is 7.71. The number of rotatable bonds is 5. The van der Waals surface area contributed by atoms with Crippen LogP contribution in [0.1, 0.15) is 27.3 Å². The second kappa shape index (κ2) is 11.4. The van der Waals surface area contributed by atoms with E-state index in [9.17, 15) is 32.3 Å². The number of aromatic nitrogens is 1. The molecule has 2 aromatic carbocycles. The first-order chi connectivity index (χ1) is 19.7. The highest BCUT2D eigenvalue weighted by Gasteiger charge is 2.54. The van der Waals surface area contributed by atoms with Crippen LogP contribution in [0.25, 0.3) is 11.1 Å². The van der Waals surface area contributed by atoms with Crippen LogP contribution in [0.3, 0.4) is 0 Å². The fourth-order valence-electron chi connectivity index (χ4n) is 4.96. The van der Waals surface area contributed by atoms with E-state index in [1.807, 2.05) is 0 Å². The summed E-state index contributed by atoms with van der Waals surface area (Å²) in [4.78, 5) is 32.7. The number of likely N-dealkylation sites (tertiary alicyclic amines) is 1. The lowest BCUT2D eigenvalue weighted by molar-refractivity contribution is -0.153. The van der Waals surface area contributed by atoms with Gasteiger partial charge in [0.25, 0.3) is 5.91 Å².